The van der Waals surface area contributed by atoms with Gasteiger partial charge in [0, 0.05) is 17.6 Å². The fraction of sp³-hybridized carbons (Fsp3) is 0.462. The fourth-order valence-corrected chi connectivity index (χ4v) is 4.06. The van der Waals surface area contributed by atoms with Crippen molar-refractivity contribution in [2.45, 2.75) is 37.1 Å². The monoisotopic (exact) mass is 350 g/mol. The molecule has 1 saturated heterocycles. The van der Waals surface area contributed by atoms with Crippen molar-refractivity contribution in [3.8, 4) is 0 Å². The van der Waals surface area contributed by atoms with E-state index in [-0.39, 0.29) is 32.5 Å². The third kappa shape index (κ3) is 3.34. The van der Waals surface area contributed by atoms with Gasteiger partial charge in [0.2, 0.25) is 10.0 Å². The molecule has 0 spiro atoms. The zero-order valence-corrected chi connectivity index (χ0v) is 13.8. The van der Waals surface area contributed by atoms with Crippen molar-refractivity contribution in [2.75, 3.05) is 6.54 Å². The highest BCUT2D eigenvalue weighted by molar-refractivity contribution is 7.89. The van der Waals surface area contributed by atoms with Crippen molar-refractivity contribution < 1.29 is 13.2 Å². The molecule has 1 aromatic carbocycles. The summed E-state index contributed by atoms with van der Waals surface area (Å²) >= 11 is 12.0. The third-order valence-electron chi connectivity index (χ3n) is 3.65. The van der Waals surface area contributed by atoms with Crippen LogP contribution in [0.25, 0.3) is 0 Å². The molecule has 0 saturated carbocycles. The number of carbonyl (C=O) groups is 1. The molecule has 1 aliphatic heterocycles. The summed E-state index contributed by atoms with van der Waals surface area (Å²) in [5.74, 6) is -0.309. The lowest BCUT2D eigenvalue weighted by atomic mass is 10.1. The molecule has 1 amide bonds. The summed E-state index contributed by atoms with van der Waals surface area (Å²) in [7, 11) is -4.04. The molecule has 2 rings (SSSR count). The standard InChI is InChI=1S/C13H16Cl2N2O3S/c1-2-9-4-3-5-17(9)13(18)10-6-8(14)7-11(12(10)15)21(16,19)20/h6-7,9H,2-5H2,1H3,(H2,16,19,20). The molecule has 1 heterocycles. The number of hydrogen-bond acceptors (Lipinski definition) is 3. The molecule has 1 aromatic rings. The topological polar surface area (TPSA) is 80.5 Å². The number of primary sulfonamides is 1. The lowest BCUT2D eigenvalue weighted by Gasteiger charge is -2.24. The molecule has 0 aromatic heterocycles. The molecular weight excluding hydrogens is 335 g/mol. The van der Waals surface area contributed by atoms with Crippen LogP contribution in [0.15, 0.2) is 17.0 Å². The first kappa shape index (κ1) is 16.5. The summed E-state index contributed by atoms with van der Waals surface area (Å²) in [5.41, 5.74) is 0.0774. The summed E-state index contributed by atoms with van der Waals surface area (Å²) in [6.07, 6.45) is 2.69. The Kier molecular flexibility index (Phi) is 4.82. The second kappa shape index (κ2) is 6.12. The molecule has 1 unspecified atom stereocenters. The highest BCUT2D eigenvalue weighted by Gasteiger charge is 2.31. The molecule has 21 heavy (non-hydrogen) atoms. The summed E-state index contributed by atoms with van der Waals surface area (Å²) in [6, 6.07) is 2.67. The van der Waals surface area contributed by atoms with E-state index in [1.807, 2.05) is 6.92 Å². The quantitative estimate of drug-likeness (QED) is 0.909. The van der Waals surface area contributed by atoms with Crippen LogP contribution in [0.4, 0.5) is 0 Å². The number of amides is 1. The van der Waals surface area contributed by atoms with Gasteiger partial charge < -0.3 is 4.90 Å². The predicted molar refractivity (Wildman–Crippen MR) is 82.2 cm³/mol. The Balaban J connectivity index is 2.49. The Morgan fingerprint density at radius 1 is 1.43 bits per heavy atom. The van der Waals surface area contributed by atoms with E-state index in [2.05, 4.69) is 0 Å². The number of sulfonamides is 1. The summed E-state index contributed by atoms with van der Waals surface area (Å²) in [4.78, 5) is 14.0. The molecule has 1 atom stereocenters. The van der Waals surface area contributed by atoms with Crippen molar-refractivity contribution >= 4 is 39.1 Å². The van der Waals surface area contributed by atoms with Crippen LogP contribution < -0.4 is 5.14 Å². The minimum Gasteiger partial charge on any atom is -0.336 e. The van der Waals surface area contributed by atoms with Crippen molar-refractivity contribution in [2.24, 2.45) is 5.14 Å². The van der Waals surface area contributed by atoms with E-state index >= 15 is 0 Å². The van der Waals surface area contributed by atoms with Crippen LogP contribution in [0.3, 0.4) is 0 Å². The van der Waals surface area contributed by atoms with Crippen LogP contribution in [-0.2, 0) is 10.0 Å². The molecule has 8 heteroatoms. The number of nitrogens with zero attached hydrogens (tertiary/aromatic N) is 1. The SMILES string of the molecule is CCC1CCCN1C(=O)c1cc(Cl)cc(S(N)(=O)=O)c1Cl. The lowest BCUT2D eigenvalue weighted by molar-refractivity contribution is 0.0733. The summed E-state index contributed by atoms with van der Waals surface area (Å²) in [6.45, 7) is 2.64. The van der Waals surface area contributed by atoms with E-state index in [0.29, 0.717) is 6.54 Å². The van der Waals surface area contributed by atoms with E-state index in [1.54, 1.807) is 4.90 Å². The van der Waals surface area contributed by atoms with Crippen LogP contribution in [-0.4, -0.2) is 31.8 Å². The van der Waals surface area contributed by atoms with Crippen LogP contribution in [0, 0.1) is 0 Å². The van der Waals surface area contributed by atoms with Gasteiger partial charge in [-0.15, -0.1) is 0 Å². The average Bonchev–Trinajstić information content (AvgIpc) is 2.87. The first-order valence-electron chi connectivity index (χ1n) is 6.58. The zero-order chi connectivity index (χ0) is 15.8. The molecule has 0 bridgehead atoms. The number of rotatable bonds is 3. The molecule has 1 fully saturated rings. The van der Waals surface area contributed by atoms with Crippen LogP contribution in [0.5, 0.6) is 0 Å². The van der Waals surface area contributed by atoms with E-state index in [4.69, 9.17) is 28.3 Å². The number of hydrogen-bond donors (Lipinski definition) is 1. The van der Waals surface area contributed by atoms with Crippen LogP contribution in [0.2, 0.25) is 10.0 Å². The Hall–Kier alpha value is -0.820. The maximum absolute atomic E-state index is 12.6. The first-order valence-corrected chi connectivity index (χ1v) is 8.88. The fourth-order valence-electron chi connectivity index (χ4n) is 2.61. The Morgan fingerprint density at radius 2 is 2.10 bits per heavy atom. The van der Waals surface area contributed by atoms with Gasteiger partial charge in [0.15, 0.2) is 0 Å². The largest absolute Gasteiger partial charge is 0.336 e. The molecule has 1 aliphatic rings. The van der Waals surface area contributed by atoms with Gasteiger partial charge in [0.25, 0.3) is 5.91 Å². The van der Waals surface area contributed by atoms with Crippen LogP contribution >= 0.6 is 23.2 Å². The molecule has 0 aliphatic carbocycles. The second-order valence-corrected chi connectivity index (χ2v) is 7.36. The first-order chi connectivity index (χ1) is 9.75. The van der Waals surface area contributed by atoms with Gasteiger partial charge in [-0.05, 0) is 31.4 Å². The van der Waals surface area contributed by atoms with Crippen molar-refractivity contribution in [3.63, 3.8) is 0 Å². The molecule has 5 nitrogen and oxygen atoms in total. The molecular formula is C13H16Cl2N2O3S. The molecule has 116 valence electrons. The van der Waals surface area contributed by atoms with Gasteiger partial charge >= 0.3 is 0 Å². The Bertz CT molecular complexity index is 676. The zero-order valence-electron chi connectivity index (χ0n) is 11.5. The number of halogens is 2. The van der Waals surface area contributed by atoms with E-state index in [1.165, 1.54) is 6.07 Å². The summed E-state index contributed by atoms with van der Waals surface area (Å²) < 4.78 is 23.1. The average molecular weight is 351 g/mol. The minimum absolute atomic E-state index is 0.0774. The highest BCUT2D eigenvalue weighted by Crippen LogP contribution is 2.31. The highest BCUT2D eigenvalue weighted by atomic mass is 35.5. The number of nitrogens with two attached hydrogens (primary N) is 1. The lowest BCUT2D eigenvalue weighted by Crippen LogP contribution is -2.35. The Labute approximate surface area is 134 Å². The number of carbonyl (C=O) groups excluding carboxylic acids is 1. The van der Waals surface area contributed by atoms with Gasteiger partial charge in [0.1, 0.15) is 4.90 Å². The van der Waals surface area contributed by atoms with Gasteiger partial charge in [0.05, 0.1) is 10.6 Å². The van der Waals surface area contributed by atoms with E-state index < -0.39 is 10.0 Å². The number of likely N-dealkylation sites (tertiary alicyclic amines) is 1. The maximum atomic E-state index is 12.6. The van der Waals surface area contributed by atoms with E-state index in [0.717, 1.165) is 25.3 Å². The van der Waals surface area contributed by atoms with Gasteiger partial charge in [-0.3, -0.25) is 4.79 Å². The van der Waals surface area contributed by atoms with Crippen LogP contribution in [0.1, 0.15) is 36.5 Å². The van der Waals surface area contributed by atoms with Gasteiger partial charge in [-0.1, -0.05) is 30.1 Å². The van der Waals surface area contributed by atoms with Crippen molar-refractivity contribution in [1.29, 1.82) is 0 Å². The Morgan fingerprint density at radius 3 is 2.67 bits per heavy atom. The smallest absolute Gasteiger partial charge is 0.255 e. The predicted octanol–water partition coefficient (Wildman–Crippen LogP) is 2.66. The summed E-state index contributed by atoms with van der Waals surface area (Å²) in [5, 5.41) is 5.04. The number of benzene rings is 1. The molecule has 0 radical (unpaired) electrons. The third-order valence-corrected chi connectivity index (χ3v) is 5.32. The minimum atomic E-state index is -4.04. The normalized spacial score (nSPS) is 19.0. The second-order valence-electron chi connectivity index (χ2n) is 5.01. The van der Waals surface area contributed by atoms with E-state index in [9.17, 15) is 13.2 Å². The van der Waals surface area contributed by atoms with Crippen molar-refractivity contribution in [1.82, 2.24) is 4.90 Å². The van der Waals surface area contributed by atoms with Crippen molar-refractivity contribution in [3.05, 3.63) is 27.7 Å². The maximum Gasteiger partial charge on any atom is 0.255 e. The van der Waals surface area contributed by atoms with Gasteiger partial charge in [-0.2, -0.15) is 0 Å². The molecule has 2 N–H and O–H groups in total. The van der Waals surface area contributed by atoms with Gasteiger partial charge in [-0.25, -0.2) is 13.6 Å².